The van der Waals surface area contributed by atoms with E-state index in [9.17, 15) is 14.4 Å². The Morgan fingerprint density at radius 1 is 1.11 bits per heavy atom. The van der Waals surface area contributed by atoms with Crippen LogP contribution in [0.3, 0.4) is 0 Å². The molecule has 0 saturated heterocycles. The van der Waals surface area contributed by atoms with Gasteiger partial charge >= 0.3 is 6.03 Å². The van der Waals surface area contributed by atoms with E-state index < -0.39 is 29.0 Å². The number of hydrogen-bond donors (Lipinski definition) is 3. The van der Waals surface area contributed by atoms with Gasteiger partial charge < -0.3 is 20.3 Å². The number of rotatable bonds is 10. The molecular weight excluding hydrogens is 598 g/mol. The third kappa shape index (κ3) is 7.30. The van der Waals surface area contributed by atoms with Crippen LogP contribution in [-0.2, 0) is 15.7 Å². The van der Waals surface area contributed by atoms with Gasteiger partial charge in [0.15, 0.2) is 11.9 Å². The van der Waals surface area contributed by atoms with Crippen LogP contribution in [0.5, 0.6) is 5.75 Å². The summed E-state index contributed by atoms with van der Waals surface area (Å²) in [5.41, 5.74) is 0.628. The predicted molar refractivity (Wildman–Crippen MR) is 178 cm³/mol. The lowest BCUT2D eigenvalue weighted by atomic mass is 9.81. The van der Waals surface area contributed by atoms with Gasteiger partial charge in [0.05, 0.1) is 11.9 Å². The fraction of sp³-hybridized carbons (Fsp3) is 0.382. The summed E-state index contributed by atoms with van der Waals surface area (Å²) < 4.78 is 8.29. The SMILES string of the molecule is CC(C)c1nnc2ccc(O[C@@H]3C=C[C@](C=O)(NC(=O)Nc4cc(C(C)(C)C)nc(C(=O)NCCN(C)C)n4)c4ccccc43)cn12. The minimum atomic E-state index is -1.49. The Bertz CT molecular complexity index is 1830. The van der Waals surface area contributed by atoms with Crippen molar-refractivity contribution in [3.63, 3.8) is 0 Å². The average molecular weight is 640 g/mol. The molecule has 5 rings (SSSR count). The summed E-state index contributed by atoms with van der Waals surface area (Å²) in [6.07, 6.45) is 5.35. The van der Waals surface area contributed by atoms with Gasteiger partial charge in [0.25, 0.3) is 5.91 Å². The monoisotopic (exact) mass is 639 g/mol. The number of fused-ring (bicyclic) bond motifs is 2. The number of nitrogens with zero attached hydrogens (tertiary/aromatic N) is 6. The van der Waals surface area contributed by atoms with Gasteiger partial charge in [0, 0.05) is 36.1 Å². The van der Waals surface area contributed by atoms with Gasteiger partial charge in [-0.2, -0.15) is 0 Å². The zero-order chi connectivity index (χ0) is 33.9. The first-order chi connectivity index (χ1) is 22.3. The van der Waals surface area contributed by atoms with Crippen molar-refractivity contribution in [2.75, 3.05) is 32.5 Å². The normalized spacial score (nSPS) is 17.4. The number of pyridine rings is 1. The molecule has 0 radical (unpaired) electrons. The van der Waals surface area contributed by atoms with E-state index in [2.05, 4.69) is 36.1 Å². The van der Waals surface area contributed by atoms with E-state index in [0.29, 0.717) is 47.6 Å². The number of nitrogens with one attached hydrogen (secondary N) is 3. The lowest BCUT2D eigenvalue weighted by Gasteiger charge is -2.34. The molecule has 1 aromatic carbocycles. The van der Waals surface area contributed by atoms with Crippen LogP contribution < -0.4 is 20.7 Å². The Morgan fingerprint density at radius 3 is 2.57 bits per heavy atom. The summed E-state index contributed by atoms with van der Waals surface area (Å²) in [5.74, 6) is 1.18. The van der Waals surface area contributed by atoms with E-state index in [1.807, 2.05) is 88.5 Å². The first-order valence-corrected chi connectivity index (χ1v) is 15.5. The van der Waals surface area contributed by atoms with Gasteiger partial charge in [-0.25, -0.2) is 14.8 Å². The minimum absolute atomic E-state index is 0.0651. The van der Waals surface area contributed by atoms with Crippen LogP contribution in [-0.4, -0.2) is 74.9 Å². The summed E-state index contributed by atoms with van der Waals surface area (Å²) in [6, 6.07) is 11.9. The maximum absolute atomic E-state index is 13.5. The number of amides is 3. The molecule has 3 heterocycles. The number of ether oxygens (including phenoxy) is 1. The third-order valence-corrected chi connectivity index (χ3v) is 7.72. The molecule has 2 atom stereocenters. The minimum Gasteiger partial charge on any atom is -0.480 e. The quantitative estimate of drug-likeness (QED) is 0.172. The van der Waals surface area contributed by atoms with Crippen LogP contribution in [0.1, 0.15) is 79.9 Å². The number of benzene rings is 1. The number of hydrogen-bond acceptors (Lipinski definition) is 9. The van der Waals surface area contributed by atoms with Crippen molar-refractivity contribution in [2.45, 2.75) is 57.6 Å². The molecule has 246 valence electrons. The largest absolute Gasteiger partial charge is 0.480 e. The molecule has 13 heteroatoms. The molecule has 0 aliphatic heterocycles. The molecule has 3 aromatic heterocycles. The molecule has 0 fully saturated rings. The average Bonchev–Trinajstić information content (AvgIpc) is 3.45. The summed E-state index contributed by atoms with van der Waals surface area (Å²) in [5, 5.41) is 16.9. The Kier molecular flexibility index (Phi) is 9.38. The number of carbonyl (C=O) groups excluding carboxylic acids is 3. The van der Waals surface area contributed by atoms with Gasteiger partial charge in [0.1, 0.15) is 29.0 Å². The van der Waals surface area contributed by atoms with Gasteiger partial charge in [0.2, 0.25) is 5.82 Å². The molecular formula is C34H41N9O4. The number of urea groups is 1. The van der Waals surface area contributed by atoms with Crippen LogP contribution in [0, 0.1) is 0 Å². The predicted octanol–water partition coefficient (Wildman–Crippen LogP) is 4.14. The highest BCUT2D eigenvalue weighted by atomic mass is 16.5. The number of aromatic nitrogens is 5. The second-order valence-electron chi connectivity index (χ2n) is 13.1. The highest BCUT2D eigenvalue weighted by molar-refractivity contribution is 5.94. The van der Waals surface area contributed by atoms with E-state index in [-0.39, 0.29) is 17.6 Å². The standard InChI is InChI=1S/C34H41N9O4/c1-21(2)30-41-40-28-13-12-22(19-43(28)30)47-25-14-15-34(20-44,24-11-9-8-10-23(24)25)39-32(46)38-27-18-26(33(3,4)5)36-29(37-27)31(45)35-16-17-42(6)7/h8-15,18-21,25H,16-17H2,1-7H3,(H,35,45)(H2,36,37,38,39,46)/t25-,34-/m1/s1. The molecule has 3 N–H and O–H groups in total. The van der Waals surface area contributed by atoms with Crippen LogP contribution in [0.4, 0.5) is 10.6 Å². The summed E-state index contributed by atoms with van der Waals surface area (Å²) in [6.45, 7) is 11.0. The Balaban J connectivity index is 1.38. The number of likely N-dealkylation sites (N-methyl/N-ethyl adjacent to an activating group) is 1. The van der Waals surface area contributed by atoms with E-state index in [1.165, 1.54) is 0 Å². The van der Waals surface area contributed by atoms with Crippen LogP contribution in [0.15, 0.2) is 60.8 Å². The van der Waals surface area contributed by atoms with Crippen molar-refractivity contribution in [1.82, 2.24) is 40.1 Å². The van der Waals surface area contributed by atoms with E-state index in [0.717, 1.165) is 5.82 Å². The molecule has 0 unspecified atom stereocenters. The molecule has 1 aliphatic rings. The third-order valence-electron chi connectivity index (χ3n) is 7.72. The maximum Gasteiger partial charge on any atom is 0.321 e. The van der Waals surface area contributed by atoms with Crippen molar-refractivity contribution in [1.29, 1.82) is 0 Å². The number of carbonyl (C=O) groups is 3. The van der Waals surface area contributed by atoms with Crippen molar-refractivity contribution in [3.8, 4) is 5.75 Å². The first-order valence-electron chi connectivity index (χ1n) is 15.5. The lowest BCUT2D eigenvalue weighted by Crippen LogP contribution is -2.49. The van der Waals surface area contributed by atoms with Crippen molar-refractivity contribution in [3.05, 3.63) is 89.3 Å². The molecule has 0 saturated carbocycles. The van der Waals surface area contributed by atoms with E-state index in [4.69, 9.17) is 4.74 Å². The fourth-order valence-corrected chi connectivity index (χ4v) is 5.20. The molecule has 0 bridgehead atoms. The lowest BCUT2D eigenvalue weighted by molar-refractivity contribution is -0.111. The highest BCUT2D eigenvalue weighted by Gasteiger charge is 2.38. The van der Waals surface area contributed by atoms with Gasteiger partial charge in [-0.3, -0.25) is 19.3 Å². The number of anilines is 1. The van der Waals surface area contributed by atoms with Gasteiger partial charge in [-0.15, -0.1) is 10.2 Å². The van der Waals surface area contributed by atoms with Crippen LogP contribution in [0.2, 0.25) is 0 Å². The zero-order valence-corrected chi connectivity index (χ0v) is 27.7. The molecule has 47 heavy (non-hydrogen) atoms. The molecule has 13 nitrogen and oxygen atoms in total. The van der Waals surface area contributed by atoms with Crippen molar-refractivity contribution in [2.24, 2.45) is 0 Å². The summed E-state index contributed by atoms with van der Waals surface area (Å²) in [4.78, 5) is 49.8. The smallest absolute Gasteiger partial charge is 0.321 e. The first kappa shape index (κ1) is 33.2. The molecule has 4 aromatic rings. The second kappa shape index (κ2) is 13.3. The van der Waals surface area contributed by atoms with Gasteiger partial charge in [-0.05, 0) is 43.9 Å². The van der Waals surface area contributed by atoms with Crippen molar-refractivity contribution < 1.29 is 19.1 Å². The van der Waals surface area contributed by atoms with Crippen molar-refractivity contribution >= 4 is 29.7 Å². The van der Waals surface area contributed by atoms with Crippen LogP contribution in [0.25, 0.3) is 5.65 Å². The molecule has 3 amide bonds. The zero-order valence-electron chi connectivity index (χ0n) is 27.7. The summed E-state index contributed by atoms with van der Waals surface area (Å²) in [7, 11) is 3.81. The molecule has 0 spiro atoms. The topological polar surface area (TPSA) is 156 Å². The van der Waals surface area contributed by atoms with Gasteiger partial charge in [-0.1, -0.05) is 58.9 Å². The summed E-state index contributed by atoms with van der Waals surface area (Å²) >= 11 is 0. The fourth-order valence-electron chi connectivity index (χ4n) is 5.20. The highest BCUT2D eigenvalue weighted by Crippen LogP contribution is 2.37. The maximum atomic E-state index is 13.5. The van der Waals surface area contributed by atoms with E-state index in [1.54, 1.807) is 30.4 Å². The Hall–Kier alpha value is -5.17. The Labute approximate surface area is 273 Å². The van der Waals surface area contributed by atoms with Crippen LogP contribution >= 0.6 is 0 Å². The second-order valence-corrected chi connectivity index (χ2v) is 13.1. The number of aldehydes is 1. The molecule has 1 aliphatic carbocycles. The van der Waals surface area contributed by atoms with E-state index >= 15 is 0 Å². The Morgan fingerprint density at radius 2 is 1.87 bits per heavy atom.